The maximum absolute atomic E-state index is 12.7. The van der Waals surface area contributed by atoms with Crippen LogP contribution in [0, 0.1) is 5.41 Å². The van der Waals surface area contributed by atoms with Gasteiger partial charge >= 0.3 is 0 Å². The molecule has 2 heterocycles. The molecule has 2 fully saturated rings. The number of halogens is 2. The van der Waals surface area contributed by atoms with E-state index in [0.717, 1.165) is 39.0 Å². The fourth-order valence-corrected chi connectivity index (χ4v) is 3.60. The van der Waals surface area contributed by atoms with Crippen LogP contribution in [-0.4, -0.2) is 44.1 Å². The number of carbonyl (C=O) groups excluding carboxylic acids is 1. The summed E-state index contributed by atoms with van der Waals surface area (Å²) in [6.07, 6.45) is 3.39. The first kappa shape index (κ1) is 17.4. The van der Waals surface area contributed by atoms with Crippen LogP contribution >= 0.6 is 24.0 Å². The first-order valence-electron chi connectivity index (χ1n) is 7.47. The molecule has 3 rings (SSSR count). The van der Waals surface area contributed by atoms with E-state index in [-0.39, 0.29) is 18.3 Å². The van der Waals surface area contributed by atoms with E-state index in [9.17, 15) is 4.79 Å². The highest BCUT2D eigenvalue weighted by Gasteiger charge is 2.38. The molecule has 0 radical (unpaired) electrons. The van der Waals surface area contributed by atoms with E-state index < -0.39 is 0 Å². The largest absolute Gasteiger partial charge is 0.496 e. The molecule has 2 aliphatic heterocycles. The maximum atomic E-state index is 12.7. The lowest BCUT2D eigenvalue weighted by Crippen LogP contribution is -2.44. The summed E-state index contributed by atoms with van der Waals surface area (Å²) < 4.78 is 5.29. The zero-order valence-electron chi connectivity index (χ0n) is 12.7. The zero-order chi connectivity index (χ0) is 14.9. The Labute approximate surface area is 142 Å². The fourth-order valence-electron chi connectivity index (χ4n) is 3.42. The molecule has 0 atom stereocenters. The number of hydrogen-bond donors (Lipinski definition) is 1. The van der Waals surface area contributed by atoms with Crippen LogP contribution in [0.15, 0.2) is 18.2 Å². The van der Waals surface area contributed by atoms with E-state index in [1.807, 2.05) is 4.90 Å². The highest BCUT2D eigenvalue weighted by Crippen LogP contribution is 2.37. The Morgan fingerprint density at radius 2 is 2.05 bits per heavy atom. The van der Waals surface area contributed by atoms with Gasteiger partial charge in [-0.25, -0.2) is 0 Å². The molecule has 1 aromatic rings. The van der Waals surface area contributed by atoms with Gasteiger partial charge in [0, 0.05) is 24.7 Å². The number of nitrogens with zero attached hydrogens (tertiary/aromatic N) is 1. The smallest absolute Gasteiger partial charge is 0.257 e. The van der Waals surface area contributed by atoms with Crippen molar-refractivity contribution in [1.82, 2.24) is 10.2 Å². The van der Waals surface area contributed by atoms with E-state index in [4.69, 9.17) is 16.3 Å². The molecule has 4 nitrogen and oxygen atoms in total. The lowest BCUT2D eigenvalue weighted by atomic mass is 9.78. The van der Waals surface area contributed by atoms with Gasteiger partial charge in [-0.05, 0) is 49.4 Å². The molecule has 2 saturated heterocycles. The van der Waals surface area contributed by atoms with Gasteiger partial charge in [0.05, 0.1) is 12.7 Å². The second-order valence-corrected chi connectivity index (χ2v) is 6.50. The van der Waals surface area contributed by atoms with Crippen LogP contribution in [0.4, 0.5) is 0 Å². The van der Waals surface area contributed by atoms with Gasteiger partial charge in [0.2, 0.25) is 0 Å². The predicted octanol–water partition coefficient (Wildman–Crippen LogP) is 2.99. The minimum Gasteiger partial charge on any atom is -0.496 e. The Balaban J connectivity index is 0.00000176. The van der Waals surface area contributed by atoms with Gasteiger partial charge in [0.25, 0.3) is 5.91 Å². The Bertz CT molecular complexity index is 535. The van der Waals surface area contributed by atoms with Crippen LogP contribution in [0.3, 0.4) is 0 Å². The highest BCUT2D eigenvalue weighted by molar-refractivity contribution is 6.31. The first-order valence-corrected chi connectivity index (χ1v) is 7.85. The number of likely N-dealkylation sites (tertiary alicyclic amines) is 1. The van der Waals surface area contributed by atoms with E-state index in [1.165, 1.54) is 6.42 Å². The number of nitrogens with one attached hydrogen (secondary N) is 1. The summed E-state index contributed by atoms with van der Waals surface area (Å²) in [7, 11) is 1.58. The van der Waals surface area contributed by atoms with Crippen molar-refractivity contribution in [3.63, 3.8) is 0 Å². The Morgan fingerprint density at radius 3 is 2.64 bits per heavy atom. The Kier molecular flexibility index (Phi) is 5.59. The van der Waals surface area contributed by atoms with Gasteiger partial charge in [-0.1, -0.05) is 11.6 Å². The third kappa shape index (κ3) is 3.34. The summed E-state index contributed by atoms with van der Waals surface area (Å²) in [4.78, 5) is 14.6. The summed E-state index contributed by atoms with van der Waals surface area (Å²) >= 11 is 6.02. The molecule has 1 aromatic carbocycles. The summed E-state index contributed by atoms with van der Waals surface area (Å²) in [5.41, 5.74) is 0.973. The van der Waals surface area contributed by atoms with Gasteiger partial charge < -0.3 is 15.0 Å². The molecule has 1 amide bonds. The van der Waals surface area contributed by atoms with Gasteiger partial charge in [0.15, 0.2) is 0 Å². The Hall–Kier alpha value is -0.970. The molecule has 1 N–H and O–H groups in total. The van der Waals surface area contributed by atoms with Gasteiger partial charge in [-0.2, -0.15) is 0 Å². The van der Waals surface area contributed by atoms with Crippen molar-refractivity contribution in [2.75, 3.05) is 33.3 Å². The van der Waals surface area contributed by atoms with Crippen molar-refractivity contribution in [3.8, 4) is 5.75 Å². The standard InChI is InChI=1S/C16H21ClN2O2.ClH/c1-21-14-3-2-12(17)10-13(14)15(20)19-8-5-16(6-9-19)4-7-18-11-16;/h2-3,10,18H,4-9,11H2,1H3;1H. The number of benzene rings is 1. The van der Waals surface area contributed by atoms with Crippen LogP contribution < -0.4 is 10.1 Å². The van der Waals surface area contributed by atoms with Crippen LogP contribution in [0.25, 0.3) is 0 Å². The second-order valence-electron chi connectivity index (χ2n) is 6.06. The van der Waals surface area contributed by atoms with Crippen molar-refractivity contribution in [2.45, 2.75) is 19.3 Å². The average molecular weight is 345 g/mol. The lowest BCUT2D eigenvalue weighted by molar-refractivity contribution is 0.0604. The van der Waals surface area contributed by atoms with Gasteiger partial charge in [-0.3, -0.25) is 4.79 Å². The van der Waals surface area contributed by atoms with Crippen molar-refractivity contribution in [1.29, 1.82) is 0 Å². The molecule has 1 spiro atoms. The van der Waals surface area contributed by atoms with Gasteiger partial charge in [-0.15, -0.1) is 12.4 Å². The van der Waals surface area contributed by atoms with E-state index in [2.05, 4.69) is 5.32 Å². The summed E-state index contributed by atoms with van der Waals surface area (Å²) in [5, 5.41) is 4.01. The molecule has 22 heavy (non-hydrogen) atoms. The first-order chi connectivity index (χ1) is 10.1. The van der Waals surface area contributed by atoms with E-state index >= 15 is 0 Å². The minimum absolute atomic E-state index is 0. The zero-order valence-corrected chi connectivity index (χ0v) is 14.3. The molecule has 0 bridgehead atoms. The summed E-state index contributed by atoms with van der Waals surface area (Å²) in [5.74, 6) is 0.613. The molecular weight excluding hydrogens is 323 g/mol. The lowest BCUT2D eigenvalue weighted by Gasteiger charge is -2.39. The molecular formula is C16H22Cl2N2O2. The molecule has 122 valence electrons. The number of methoxy groups -OCH3 is 1. The third-order valence-electron chi connectivity index (χ3n) is 4.84. The number of piperidine rings is 1. The number of ether oxygens (including phenoxy) is 1. The summed E-state index contributed by atoms with van der Waals surface area (Å²) in [6, 6.07) is 5.19. The molecule has 6 heteroatoms. The molecule has 0 saturated carbocycles. The van der Waals surface area contributed by atoms with Gasteiger partial charge in [0.1, 0.15) is 5.75 Å². The highest BCUT2D eigenvalue weighted by atomic mass is 35.5. The average Bonchev–Trinajstić information content (AvgIpc) is 2.95. The van der Waals surface area contributed by atoms with Crippen LogP contribution in [-0.2, 0) is 0 Å². The van der Waals surface area contributed by atoms with Crippen molar-refractivity contribution < 1.29 is 9.53 Å². The Morgan fingerprint density at radius 1 is 1.32 bits per heavy atom. The van der Waals surface area contributed by atoms with E-state index in [0.29, 0.717) is 21.8 Å². The van der Waals surface area contributed by atoms with Crippen LogP contribution in [0.1, 0.15) is 29.6 Å². The summed E-state index contributed by atoms with van der Waals surface area (Å²) in [6.45, 7) is 3.83. The normalized spacial score (nSPS) is 19.8. The molecule has 0 unspecified atom stereocenters. The van der Waals surface area contributed by atoms with Crippen molar-refractivity contribution in [2.24, 2.45) is 5.41 Å². The third-order valence-corrected chi connectivity index (χ3v) is 5.07. The number of hydrogen-bond acceptors (Lipinski definition) is 3. The van der Waals surface area contributed by atoms with Crippen molar-refractivity contribution in [3.05, 3.63) is 28.8 Å². The predicted molar refractivity (Wildman–Crippen MR) is 90.3 cm³/mol. The maximum Gasteiger partial charge on any atom is 0.257 e. The number of amides is 1. The topological polar surface area (TPSA) is 41.6 Å². The molecule has 0 aromatic heterocycles. The fraction of sp³-hybridized carbons (Fsp3) is 0.562. The second kappa shape index (κ2) is 7.07. The van der Waals surface area contributed by atoms with Crippen LogP contribution in [0.2, 0.25) is 5.02 Å². The minimum atomic E-state index is 0. The number of rotatable bonds is 2. The SMILES string of the molecule is COc1ccc(Cl)cc1C(=O)N1CCC2(CCNC2)CC1.Cl. The molecule has 0 aliphatic carbocycles. The number of carbonyl (C=O) groups is 1. The van der Waals surface area contributed by atoms with E-state index in [1.54, 1.807) is 25.3 Å². The monoisotopic (exact) mass is 344 g/mol. The van der Waals surface area contributed by atoms with Crippen LogP contribution in [0.5, 0.6) is 5.75 Å². The quantitative estimate of drug-likeness (QED) is 0.896. The van der Waals surface area contributed by atoms with Crippen molar-refractivity contribution >= 4 is 29.9 Å². The molecule has 2 aliphatic rings.